The minimum Gasteiger partial charge on any atom is -0.422 e. The smallest absolute Gasteiger partial charge is 0.330 e. The summed E-state index contributed by atoms with van der Waals surface area (Å²) in [6, 6.07) is 0. The van der Waals surface area contributed by atoms with Crippen LogP contribution in [0.25, 0.3) is 0 Å². The number of hydrogen-bond donors (Lipinski definition) is 1. The number of aliphatic hydroxyl groups excluding tert-OH is 1. The van der Waals surface area contributed by atoms with Gasteiger partial charge in [0, 0.05) is 13.0 Å². The fraction of sp³-hybridized carbons (Fsp3) is 0.735. The Balaban J connectivity index is 1.43. The fourth-order valence-corrected chi connectivity index (χ4v) is 7.60. The minimum absolute atomic E-state index is 0.0271. The molecule has 1 saturated carbocycles. The number of methoxy groups -OCH3 is 1. The van der Waals surface area contributed by atoms with Gasteiger partial charge in [0.1, 0.15) is 0 Å². The van der Waals surface area contributed by atoms with Crippen molar-refractivity contribution in [3.63, 3.8) is 0 Å². The van der Waals surface area contributed by atoms with Crippen LogP contribution in [0.4, 0.5) is 0 Å². The summed E-state index contributed by atoms with van der Waals surface area (Å²) in [5.74, 6) is -3.59. The first-order chi connectivity index (χ1) is 20.0. The molecule has 3 saturated heterocycles. The average molecular weight is 587 g/mol. The molecule has 3 heterocycles. The summed E-state index contributed by atoms with van der Waals surface area (Å²) in [6.45, 7) is 11.5. The van der Waals surface area contributed by atoms with Gasteiger partial charge in [-0.1, -0.05) is 58.4 Å². The van der Waals surface area contributed by atoms with Crippen LogP contribution in [0.1, 0.15) is 79.1 Å². The number of Topliss-reactive ketones (excluding diaryl/α,β-unsaturated/α-hetero) is 2. The molecule has 4 rings (SSSR count). The van der Waals surface area contributed by atoms with E-state index in [2.05, 4.69) is 38.7 Å². The van der Waals surface area contributed by atoms with Crippen LogP contribution in [0.15, 0.2) is 36.1 Å². The molecule has 1 N–H and O–H groups in total. The van der Waals surface area contributed by atoms with Gasteiger partial charge in [-0.15, -0.1) is 0 Å². The van der Waals surface area contributed by atoms with E-state index in [1.807, 2.05) is 13.8 Å². The first-order valence-corrected chi connectivity index (χ1v) is 15.9. The Morgan fingerprint density at radius 1 is 1.07 bits per heavy atom. The van der Waals surface area contributed by atoms with Crippen LogP contribution >= 0.6 is 0 Å². The Bertz CT molecular complexity index is 1060. The lowest BCUT2D eigenvalue weighted by atomic mass is 9.64. The maximum absolute atomic E-state index is 13.4. The van der Waals surface area contributed by atoms with Gasteiger partial charge in [0.05, 0.1) is 37.1 Å². The topological polar surface area (TPSA) is 108 Å². The lowest BCUT2D eigenvalue weighted by Gasteiger charge is -2.40. The standard InChI is InChI=1S/C34H50O8/c1-19-9-7-10-24(29(19)21(3)31(36)30-32(37)23(5)40-34(30)38)17-25(18-35)33-20(2)13-14-27(42-33)12-8-11-26-15-16-28(41-26)22(4)39-6/h8,12,17,19-22,24,26-30,33,35H,5,7,9-11,13-16,18H2,1-4,6H3/b12-8+,25-17+/t19-,20-,21+,22+,24-,26+,27-,28-,29-,30+,33-/m0/s1. The van der Waals surface area contributed by atoms with Crippen molar-refractivity contribution in [2.75, 3.05) is 13.7 Å². The third-order valence-electron chi connectivity index (χ3n) is 10.2. The second-order valence-corrected chi connectivity index (χ2v) is 13.0. The van der Waals surface area contributed by atoms with Crippen LogP contribution in [-0.4, -0.2) is 66.9 Å². The third kappa shape index (κ3) is 7.32. The Labute approximate surface area is 250 Å². The van der Waals surface area contributed by atoms with E-state index in [1.54, 1.807) is 7.11 Å². The van der Waals surface area contributed by atoms with Gasteiger partial charge in [-0.05, 0) is 74.7 Å². The molecule has 42 heavy (non-hydrogen) atoms. The number of allylic oxidation sites excluding steroid dienone is 2. The Morgan fingerprint density at radius 2 is 1.83 bits per heavy atom. The number of ketones is 2. The maximum atomic E-state index is 13.4. The number of hydrogen-bond acceptors (Lipinski definition) is 8. The van der Waals surface area contributed by atoms with Crippen molar-refractivity contribution in [3.8, 4) is 0 Å². The van der Waals surface area contributed by atoms with Crippen molar-refractivity contribution >= 4 is 17.5 Å². The lowest BCUT2D eigenvalue weighted by Crippen LogP contribution is -2.40. The zero-order valence-corrected chi connectivity index (χ0v) is 26.0. The predicted octanol–water partition coefficient (Wildman–Crippen LogP) is 5.13. The van der Waals surface area contributed by atoms with E-state index in [9.17, 15) is 19.5 Å². The molecule has 0 radical (unpaired) electrons. The van der Waals surface area contributed by atoms with Crippen molar-refractivity contribution in [3.05, 3.63) is 36.1 Å². The van der Waals surface area contributed by atoms with Gasteiger partial charge in [0.15, 0.2) is 17.5 Å². The molecule has 1 aliphatic carbocycles. The molecule has 8 heteroatoms. The second-order valence-electron chi connectivity index (χ2n) is 13.0. The van der Waals surface area contributed by atoms with Gasteiger partial charge in [-0.25, -0.2) is 0 Å². The number of rotatable bonds is 11. The van der Waals surface area contributed by atoms with Crippen LogP contribution in [0, 0.1) is 35.5 Å². The quantitative estimate of drug-likeness (QED) is 0.154. The van der Waals surface area contributed by atoms with Gasteiger partial charge in [-0.3, -0.25) is 14.4 Å². The molecular formula is C34H50O8. The molecular weight excluding hydrogens is 536 g/mol. The van der Waals surface area contributed by atoms with Gasteiger partial charge in [-0.2, -0.15) is 0 Å². The van der Waals surface area contributed by atoms with Crippen molar-refractivity contribution in [1.82, 2.24) is 0 Å². The summed E-state index contributed by atoms with van der Waals surface area (Å²) in [4.78, 5) is 38.2. The number of carbonyl (C=O) groups is 3. The van der Waals surface area contributed by atoms with Crippen LogP contribution < -0.4 is 0 Å². The van der Waals surface area contributed by atoms with Crippen LogP contribution in [0.5, 0.6) is 0 Å². The van der Waals surface area contributed by atoms with Gasteiger partial charge < -0.3 is 24.1 Å². The van der Waals surface area contributed by atoms with Gasteiger partial charge >= 0.3 is 5.97 Å². The van der Waals surface area contributed by atoms with Crippen LogP contribution in [-0.2, 0) is 33.3 Å². The molecule has 0 aromatic heterocycles. The monoisotopic (exact) mass is 586 g/mol. The number of ether oxygens (including phenoxy) is 4. The molecule has 0 aromatic carbocycles. The van der Waals surface area contributed by atoms with E-state index in [-0.39, 0.29) is 66.6 Å². The molecule has 4 fully saturated rings. The normalized spacial score (nSPS) is 37.7. The predicted molar refractivity (Wildman–Crippen MR) is 158 cm³/mol. The molecule has 0 bridgehead atoms. The summed E-state index contributed by atoms with van der Waals surface area (Å²) in [5.41, 5.74) is 0.851. The van der Waals surface area contributed by atoms with Crippen molar-refractivity contribution in [2.45, 2.75) is 110 Å². The van der Waals surface area contributed by atoms with E-state index in [0.29, 0.717) is 0 Å². The first-order valence-electron chi connectivity index (χ1n) is 15.9. The molecule has 234 valence electrons. The number of cyclic esters (lactones) is 1. The minimum atomic E-state index is -1.42. The Kier molecular flexibility index (Phi) is 11.4. The third-order valence-corrected chi connectivity index (χ3v) is 10.2. The molecule has 8 nitrogen and oxygen atoms in total. The van der Waals surface area contributed by atoms with Gasteiger partial charge in [0.25, 0.3) is 0 Å². The highest BCUT2D eigenvalue weighted by atomic mass is 16.6. The summed E-state index contributed by atoms with van der Waals surface area (Å²) < 4.78 is 23.0. The Hall–Kier alpha value is -2.13. The number of carbonyl (C=O) groups excluding carboxylic acids is 3. The molecule has 0 amide bonds. The summed E-state index contributed by atoms with van der Waals surface area (Å²) >= 11 is 0. The van der Waals surface area contributed by atoms with E-state index >= 15 is 0 Å². The highest BCUT2D eigenvalue weighted by Crippen LogP contribution is 2.43. The van der Waals surface area contributed by atoms with Crippen molar-refractivity contribution in [1.29, 1.82) is 0 Å². The zero-order chi connectivity index (χ0) is 30.6. The molecule has 11 atom stereocenters. The second kappa shape index (κ2) is 14.6. The molecule has 4 aliphatic rings. The molecule has 0 aromatic rings. The van der Waals surface area contributed by atoms with Gasteiger partial charge in [0.2, 0.25) is 5.78 Å². The van der Waals surface area contributed by atoms with E-state index < -0.39 is 29.4 Å². The zero-order valence-electron chi connectivity index (χ0n) is 26.0. The van der Waals surface area contributed by atoms with E-state index in [4.69, 9.17) is 18.9 Å². The largest absolute Gasteiger partial charge is 0.422 e. The molecule has 3 aliphatic heterocycles. The van der Waals surface area contributed by atoms with E-state index in [1.165, 1.54) is 0 Å². The first kappa shape index (κ1) is 32.8. The highest BCUT2D eigenvalue weighted by Gasteiger charge is 2.48. The molecule has 0 spiro atoms. The summed E-state index contributed by atoms with van der Waals surface area (Å²) in [6.07, 6.45) is 14.3. The Morgan fingerprint density at radius 3 is 2.50 bits per heavy atom. The van der Waals surface area contributed by atoms with Crippen LogP contribution in [0.3, 0.4) is 0 Å². The van der Waals surface area contributed by atoms with Crippen molar-refractivity contribution in [2.24, 2.45) is 35.5 Å². The van der Waals surface area contributed by atoms with Crippen LogP contribution in [0.2, 0.25) is 0 Å². The summed E-state index contributed by atoms with van der Waals surface area (Å²) in [7, 11) is 1.72. The summed E-state index contributed by atoms with van der Waals surface area (Å²) in [5, 5.41) is 10.5. The number of aliphatic hydroxyl groups is 1. The maximum Gasteiger partial charge on any atom is 0.330 e. The number of esters is 1. The molecule has 0 unspecified atom stereocenters. The SMILES string of the molecule is C=C1OC(=O)[C@H](C(=O)[C@H](C)[C@H]2[C@H](/C=C(\CO)[C@H]3O[C@@H](/C=C/C[C@@H]4CC[C@@H]([C@@H](C)OC)O4)CC[C@@H]3C)CCC[C@@H]2C)C1=O. The fourth-order valence-electron chi connectivity index (χ4n) is 7.60. The highest BCUT2D eigenvalue weighted by molar-refractivity contribution is 6.26. The van der Waals surface area contributed by atoms with Crippen molar-refractivity contribution < 1.29 is 38.4 Å². The lowest BCUT2D eigenvalue weighted by molar-refractivity contribution is -0.146. The average Bonchev–Trinajstić information content (AvgIpc) is 3.54. The van der Waals surface area contributed by atoms with E-state index in [0.717, 1.165) is 56.9 Å².